The van der Waals surface area contributed by atoms with Crippen LogP contribution in [0.3, 0.4) is 0 Å². The molecule has 0 fully saturated rings. The van der Waals surface area contributed by atoms with E-state index in [0.29, 0.717) is 22.9 Å². The van der Waals surface area contributed by atoms with Crippen LogP contribution in [0.15, 0.2) is 54.6 Å². The van der Waals surface area contributed by atoms with Crippen LogP contribution < -0.4 is 5.32 Å². The molecule has 4 rings (SSSR count). The van der Waals surface area contributed by atoms with Crippen LogP contribution >= 0.6 is 22.6 Å². The molecule has 2 heterocycles. The van der Waals surface area contributed by atoms with Gasteiger partial charge in [-0.25, -0.2) is 13.8 Å². The van der Waals surface area contributed by atoms with E-state index in [1.807, 2.05) is 38.1 Å². The summed E-state index contributed by atoms with van der Waals surface area (Å²) in [7, 11) is 0. The monoisotopic (exact) mass is 489 g/mol. The number of alkyl halides is 1. The van der Waals surface area contributed by atoms with Crippen molar-refractivity contribution in [2.75, 3.05) is 5.32 Å². The zero-order valence-electron chi connectivity index (χ0n) is 15.4. The standard InChI is InChI=1S/C22H18F2IN3/c1-13-5-3-6-14(2)20(13)27-22-21(17-10-9-15(24)11-18(17)25)26-19-8-4-7-16(12-23)28(19)22/h3-11,27H,12H2,1-2H3. The van der Waals surface area contributed by atoms with E-state index in [2.05, 4.69) is 27.9 Å². The second-order valence-electron chi connectivity index (χ2n) is 6.67. The molecule has 3 nitrogen and oxygen atoms in total. The molecule has 0 unspecified atom stereocenters. The normalized spacial score (nSPS) is 11.2. The SMILES string of the molecule is Cc1cccc(C)c1Nc1c(-c2ccc(F)cc2I)nc2cccc(CF)n12. The minimum Gasteiger partial charge on any atom is -0.339 e. The molecule has 1 N–H and O–H groups in total. The van der Waals surface area contributed by atoms with Gasteiger partial charge in [0.2, 0.25) is 0 Å². The number of benzene rings is 2. The number of imidazole rings is 1. The Morgan fingerprint density at radius 3 is 2.43 bits per heavy atom. The average molecular weight is 489 g/mol. The molecule has 0 aliphatic carbocycles. The predicted molar refractivity (Wildman–Crippen MR) is 117 cm³/mol. The van der Waals surface area contributed by atoms with E-state index in [1.165, 1.54) is 12.1 Å². The molecule has 4 aromatic rings. The second-order valence-corrected chi connectivity index (χ2v) is 7.83. The number of rotatable bonds is 4. The molecule has 142 valence electrons. The summed E-state index contributed by atoms with van der Waals surface area (Å²) in [6, 6.07) is 16.0. The van der Waals surface area contributed by atoms with Gasteiger partial charge in [0.25, 0.3) is 0 Å². The fourth-order valence-corrected chi connectivity index (χ4v) is 4.11. The van der Waals surface area contributed by atoms with Crippen molar-refractivity contribution in [3.8, 4) is 11.3 Å². The molecule has 0 aliphatic heterocycles. The number of anilines is 2. The van der Waals surface area contributed by atoms with Gasteiger partial charge >= 0.3 is 0 Å². The molecule has 6 heteroatoms. The highest BCUT2D eigenvalue weighted by molar-refractivity contribution is 14.1. The molecule has 2 aromatic carbocycles. The largest absolute Gasteiger partial charge is 0.339 e. The molecule has 2 aromatic heterocycles. The quantitative estimate of drug-likeness (QED) is 0.329. The van der Waals surface area contributed by atoms with Crippen LogP contribution in [0.1, 0.15) is 16.8 Å². The van der Waals surface area contributed by atoms with E-state index in [-0.39, 0.29) is 5.82 Å². The maximum Gasteiger partial charge on any atom is 0.143 e. The van der Waals surface area contributed by atoms with Crippen LogP contribution in [0, 0.1) is 23.2 Å². The first-order valence-corrected chi connectivity index (χ1v) is 9.92. The molecule has 0 aliphatic rings. The third-order valence-electron chi connectivity index (χ3n) is 4.77. The van der Waals surface area contributed by atoms with Crippen LogP contribution in [-0.2, 0) is 6.67 Å². The molecule has 0 radical (unpaired) electrons. The number of pyridine rings is 1. The maximum absolute atomic E-state index is 13.7. The molecule has 0 spiro atoms. The lowest BCUT2D eigenvalue weighted by Crippen LogP contribution is -2.03. The number of halogens is 3. The van der Waals surface area contributed by atoms with Gasteiger partial charge in [-0.2, -0.15) is 0 Å². The van der Waals surface area contributed by atoms with Gasteiger partial charge < -0.3 is 5.32 Å². The van der Waals surface area contributed by atoms with Crippen molar-refractivity contribution < 1.29 is 8.78 Å². The number of nitrogens with one attached hydrogen (secondary N) is 1. The van der Waals surface area contributed by atoms with Gasteiger partial charge in [0, 0.05) is 14.8 Å². The topological polar surface area (TPSA) is 29.3 Å². The Kier molecular flexibility index (Phi) is 5.05. The lowest BCUT2D eigenvalue weighted by Gasteiger charge is -2.15. The number of aryl methyl sites for hydroxylation is 2. The van der Waals surface area contributed by atoms with Crippen molar-refractivity contribution in [2.45, 2.75) is 20.5 Å². The van der Waals surface area contributed by atoms with Crippen molar-refractivity contribution >= 4 is 39.7 Å². The first-order valence-electron chi connectivity index (χ1n) is 8.84. The number of hydrogen-bond donors (Lipinski definition) is 1. The number of aromatic nitrogens is 2. The summed E-state index contributed by atoms with van der Waals surface area (Å²) in [5, 5.41) is 3.48. The summed E-state index contributed by atoms with van der Waals surface area (Å²) in [5.41, 5.74) is 5.70. The van der Waals surface area contributed by atoms with Crippen molar-refractivity contribution in [2.24, 2.45) is 0 Å². The van der Waals surface area contributed by atoms with E-state index >= 15 is 0 Å². The van der Waals surface area contributed by atoms with Crippen LogP contribution in [0.2, 0.25) is 0 Å². The van der Waals surface area contributed by atoms with Gasteiger partial charge in [0.15, 0.2) is 0 Å². The predicted octanol–water partition coefficient (Wildman–Crippen LogP) is 6.57. The van der Waals surface area contributed by atoms with E-state index < -0.39 is 6.67 Å². The summed E-state index contributed by atoms with van der Waals surface area (Å²) in [4.78, 5) is 4.74. The third kappa shape index (κ3) is 3.26. The van der Waals surface area contributed by atoms with Gasteiger partial charge in [-0.05, 0) is 77.9 Å². The van der Waals surface area contributed by atoms with Crippen molar-refractivity contribution in [3.05, 3.63) is 80.8 Å². The zero-order valence-corrected chi connectivity index (χ0v) is 17.6. The first kappa shape index (κ1) is 18.9. The first-order chi connectivity index (χ1) is 13.5. The fourth-order valence-electron chi connectivity index (χ4n) is 3.38. The van der Waals surface area contributed by atoms with Crippen LogP contribution in [0.4, 0.5) is 20.3 Å². The molecule has 0 saturated heterocycles. The smallest absolute Gasteiger partial charge is 0.143 e. The van der Waals surface area contributed by atoms with E-state index in [4.69, 9.17) is 4.98 Å². The molecule has 0 saturated carbocycles. The van der Waals surface area contributed by atoms with Crippen molar-refractivity contribution in [1.82, 2.24) is 9.38 Å². The number of nitrogens with zero attached hydrogens (tertiary/aromatic N) is 2. The Hall–Kier alpha value is -2.48. The van der Waals surface area contributed by atoms with Crippen molar-refractivity contribution in [3.63, 3.8) is 0 Å². The Bertz CT molecular complexity index is 1160. The lowest BCUT2D eigenvalue weighted by molar-refractivity contribution is 0.473. The number of hydrogen-bond acceptors (Lipinski definition) is 2. The Balaban J connectivity index is 2.01. The minimum absolute atomic E-state index is 0.300. The van der Waals surface area contributed by atoms with Crippen LogP contribution in [0.5, 0.6) is 0 Å². The molecule has 0 amide bonds. The summed E-state index contributed by atoms with van der Waals surface area (Å²) >= 11 is 2.10. The van der Waals surface area contributed by atoms with Gasteiger partial charge in [0.1, 0.15) is 29.7 Å². The van der Waals surface area contributed by atoms with Crippen LogP contribution in [-0.4, -0.2) is 9.38 Å². The maximum atomic E-state index is 13.7. The average Bonchev–Trinajstić information content (AvgIpc) is 3.03. The van der Waals surface area contributed by atoms with Crippen molar-refractivity contribution in [1.29, 1.82) is 0 Å². The second kappa shape index (κ2) is 7.50. The summed E-state index contributed by atoms with van der Waals surface area (Å²) in [6.45, 7) is 3.43. The highest BCUT2D eigenvalue weighted by Crippen LogP contribution is 2.36. The summed E-state index contributed by atoms with van der Waals surface area (Å²) in [6.07, 6.45) is 0. The Morgan fingerprint density at radius 1 is 1.04 bits per heavy atom. The van der Waals surface area contributed by atoms with E-state index in [0.717, 1.165) is 25.9 Å². The molecule has 0 bridgehead atoms. The molecule has 28 heavy (non-hydrogen) atoms. The van der Waals surface area contributed by atoms with Gasteiger partial charge in [-0.1, -0.05) is 24.3 Å². The number of para-hydroxylation sites is 1. The highest BCUT2D eigenvalue weighted by Gasteiger charge is 2.20. The third-order valence-corrected chi connectivity index (χ3v) is 5.66. The molecule has 0 atom stereocenters. The Labute approximate surface area is 175 Å². The van der Waals surface area contributed by atoms with Gasteiger partial charge in [-0.15, -0.1) is 0 Å². The molecular formula is C22H18F2IN3. The lowest BCUT2D eigenvalue weighted by atomic mass is 10.1. The Morgan fingerprint density at radius 2 is 1.75 bits per heavy atom. The minimum atomic E-state index is -0.616. The number of fused-ring (bicyclic) bond motifs is 1. The molecular weight excluding hydrogens is 471 g/mol. The van der Waals surface area contributed by atoms with E-state index in [9.17, 15) is 8.78 Å². The van der Waals surface area contributed by atoms with Gasteiger partial charge in [-0.3, -0.25) is 4.40 Å². The van der Waals surface area contributed by atoms with Crippen LogP contribution in [0.25, 0.3) is 16.9 Å². The van der Waals surface area contributed by atoms with Gasteiger partial charge in [0.05, 0.1) is 5.69 Å². The highest BCUT2D eigenvalue weighted by atomic mass is 127. The summed E-state index contributed by atoms with van der Waals surface area (Å²) < 4.78 is 29.9. The van der Waals surface area contributed by atoms with E-state index in [1.54, 1.807) is 22.6 Å². The fraction of sp³-hybridized carbons (Fsp3) is 0.136. The zero-order chi connectivity index (χ0) is 19.8. The summed E-state index contributed by atoms with van der Waals surface area (Å²) in [5.74, 6) is 0.371.